The van der Waals surface area contributed by atoms with Crippen molar-refractivity contribution in [1.82, 2.24) is 0 Å². The van der Waals surface area contributed by atoms with Crippen molar-refractivity contribution in [1.29, 1.82) is 0 Å². The first kappa shape index (κ1) is 9.04. The lowest BCUT2D eigenvalue weighted by Crippen LogP contribution is -2.25. The second-order valence-corrected chi connectivity index (χ2v) is 3.67. The fourth-order valence-corrected chi connectivity index (χ4v) is 1.83. The lowest BCUT2D eigenvalue weighted by atomic mass is 10.2. The van der Waals surface area contributed by atoms with Gasteiger partial charge in [0.15, 0.2) is 0 Å². The van der Waals surface area contributed by atoms with Gasteiger partial charge in [0.05, 0.1) is 0 Å². The molecule has 1 aromatic heterocycles. The van der Waals surface area contributed by atoms with E-state index in [9.17, 15) is 0 Å². The third-order valence-electron chi connectivity index (χ3n) is 2.63. The Labute approximate surface area is 93.8 Å². The van der Waals surface area contributed by atoms with Gasteiger partial charge in [0.25, 0.3) is 5.89 Å². The van der Waals surface area contributed by atoms with Gasteiger partial charge < -0.3 is 4.42 Å². The zero-order valence-electron chi connectivity index (χ0n) is 8.76. The Morgan fingerprint density at radius 2 is 1.56 bits per heavy atom. The molecule has 0 spiro atoms. The van der Waals surface area contributed by atoms with Crippen LogP contribution in [0.3, 0.4) is 0 Å². The van der Waals surface area contributed by atoms with Crippen LogP contribution in [0, 0.1) is 7.05 Å². The van der Waals surface area contributed by atoms with E-state index in [1.165, 1.54) is 0 Å². The van der Waals surface area contributed by atoms with Crippen molar-refractivity contribution in [3.05, 3.63) is 61.6 Å². The molecule has 0 aliphatic heterocycles. The largest absolute Gasteiger partial charge is 0.469 e. The number of benzene rings is 2. The molecule has 2 heteroatoms. The number of aromatic nitrogens is 1. The van der Waals surface area contributed by atoms with E-state index in [1.807, 2.05) is 59.2 Å². The van der Waals surface area contributed by atoms with Gasteiger partial charge in [0, 0.05) is 12.6 Å². The summed E-state index contributed by atoms with van der Waals surface area (Å²) in [5.41, 5.74) is 2.89. The van der Waals surface area contributed by atoms with E-state index in [4.69, 9.17) is 4.42 Å². The van der Waals surface area contributed by atoms with Crippen LogP contribution < -0.4 is 4.57 Å². The predicted molar refractivity (Wildman–Crippen MR) is 62.6 cm³/mol. The summed E-state index contributed by atoms with van der Waals surface area (Å²) in [6, 6.07) is 17.9. The highest BCUT2D eigenvalue weighted by atomic mass is 16.4. The van der Waals surface area contributed by atoms with Crippen LogP contribution in [0.1, 0.15) is 0 Å². The Kier molecular flexibility index (Phi) is 1.93. The molecule has 0 fully saturated rings. The lowest BCUT2D eigenvalue weighted by molar-refractivity contribution is -0.576. The van der Waals surface area contributed by atoms with Crippen LogP contribution >= 0.6 is 0 Å². The van der Waals surface area contributed by atoms with E-state index < -0.39 is 0 Å². The average molecular weight is 209 g/mol. The highest BCUT2D eigenvalue weighted by Gasteiger charge is 2.11. The number of oxazole rings is 1. The number of hydrogen-bond acceptors (Lipinski definition) is 1. The van der Waals surface area contributed by atoms with Crippen molar-refractivity contribution in [2.24, 2.45) is 0 Å². The molecule has 0 amide bonds. The summed E-state index contributed by atoms with van der Waals surface area (Å²) in [5.74, 6) is 0.779. The maximum absolute atomic E-state index is 5.79. The van der Waals surface area contributed by atoms with Crippen molar-refractivity contribution in [3.63, 3.8) is 0 Å². The van der Waals surface area contributed by atoms with Crippen molar-refractivity contribution >= 4 is 11.1 Å². The van der Waals surface area contributed by atoms with Gasteiger partial charge >= 0.3 is 0 Å². The summed E-state index contributed by atoms with van der Waals surface area (Å²) >= 11 is 0. The zero-order chi connectivity index (χ0) is 11.0. The highest BCUT2D eigenvalue weighted by Crippen LogP contribution is 2.21. The summed E-state index contributed by atoms with van der Waals surface area (Å²) in [4.78, 5) is 0. The lowest BCUT2D eigenvalue weighted by Gasteiger charge is -1.98. The topological polar surface area (TPSA) is 17.0 Å². The van der Waals surface area contributed by atoms with E-state index >= 15 is 0 Å². The molecule has 16 heavy (non-hydrogen) atoms. The van der Waals surface area contributed by atoms with Crippen LogP contribution in [0.2, 0.25) is 0 Å². The SMILES string of the molecule is [CH2-][n+]1c(-c2ccccc2)oc2ccccc21. The average Bonchev–Trinajstić information content (AvgIpc) is 2.69. The van der Waals surface area contributed by atoms with Gasteiger partial charge in [-0.1, -0.05) is 42.5 Å². The van der Waals surface area contributed by atoms with E-state index in [-0.39, 0.29) is 0 Å². The Bertz CT molecular complexity index is 626. The second kappa shape index (κ2) is 3.42. The first-order chi connectivity index (χ1) is 7.86. The van der Waals surface area contributed by atoms with E-state index in [0.29, 0.717) is 0 Å². The zero-order valence-corrected chi connectivity index (χ0v) is 8.76. The molecular weight excluding hydrogens is 198 g/mol. The van der Waals surface area contributed by atoms with Crippen LogP contribution in [0.15, 0.2) is 59.0 Å². The first-order valence-corrected chi connectivity index (χ1v) is 5.16. The maximum Gasteiger partial charge on any atom is 0.275 e. The van der Waals surface area contributed by atoms with Gasteiger partial charge in [-0.25, -0.2) is 0 Å². The van der Waals surface area contributed by atoms with Crippen molar-refractivity contribution in [3.8, 4) is 11.5 Å². The number of hydrogen-bond donors (Lipinski definition) is 0. The molecule has 78 valence electrons. The van der Waals surface area contributed by atoms with E-state index in [2.05, 4.69) is 7.05 Å². The number of nitrogens with zero attached hydrogens (tertiary/aromatic N) is 1. The monoisotopic (exact) mass is 209 g/mol. The number of rotatable bonds is 1. The minimum absolute atomic E-state index is 0.779. The Morgan fingerprint density at radius 3 is 2.31 bits per heavy atom. The standard InChI is InChI=1S/C14H11NO/c1-15-12-9-5-6-10-13(12)16-14(15)11-7-3-2-4-8-11/h2-10H,1H2. The summed E-state index contributed by atoms with van der Waals surface area (Å²) in [6.45, 7) is 0. The van der Waals surface area contributed by atoms with Crippen molar-refractivity contribution < 1.29 is 8.98 Å². The number of fused-ring (bicyclic) bond motifs is 1. The normalized spacial score (nSPS) is 10.8. The fourth-order valence-electron chi connectivity index (χ4n) is 1.83. The Hall–Kier alpha value is -2.22. The Morgan fingerprint density at radius 1 is 0.875 bits per heavy atom. The molecule has 3 rings (SSSR count). The maximum atomic E-state index is 5.79. The molecule has 0 saturated carbocycles. The quantitative estimate of drug-likeness (QED) is 0.444. The summed E-state index contributed by atoms with van der Waals surface area (Å²) < 4.78 is 7.61. The van der Waals surface area contributed by atoms with Crippen LogP contribution in [0.4, 0.5) is 0 Å². The van der Waals surface area contributed by atoms with Gasteiger partial charge in [-0.2, -0.15) is 0 Å². The molecule has 0 bridgehead atoms. The molecule has 0 aliphatic rings. The highest BCUT2D eigenvalue weighted by molar-refractivity contribution is 5.71. The predicted octanol–water partition coefficient (Wildman–Crippen LogP) is 3.03. The van der Waals surface area contributed by atoms with Gasteiger partial charge in [-0.15, -0.1) is 0 Å². The minimum atomic E-state index is 0.779. The second-order valence-electron chi connectivity index (χ2n) is 3.67. The smallest absolute Gasteiger partial charge is 0.275 e. The van der Waals surface area contributed by atoms with Crippen molar-refractivity contribution in [2.45, 2.75) is 0 Å². The summed E-state index contributed by atoms with van der Waals surface area (Å²) in [5, 5.41) is 0. The van der Waals surface area contributed by atoms with Gasteiger partial charge in [0.2, 0.25) is 0 Å². The Balaban J connectivity index is 2.29. The van der Waals surface area contributed by atoms with Crippen LogP contribution in [0.25, 0.3) is 22.6 Å². The summed E-state index contributed by atoms with van der Waals surface area (Å²) in [7, 11) is 4.01. The molecule has 0 radical (unpaired) electrons. The molecular formula is C14H11NO. The van der Waals surface area contributed by atoms with Crippen LogP contribution in [-0.4, -0.2) is 0 Å². The van der Waals surface area contributed by atoms with Gasteiger partial charge in [-0.3, -0.25) is 4.57 Å². The van der Waals surface area contributed by atoms with E-state index in [0.717, 1.165) is 22.6 Å². The van der Waals surface area contributed by atoms with Gasteiger partial charge in [0.1, 0.15) is 11.1 Å². The third-order valence-corrected chi connectivity index (χ3v) is 2.63. The van der Waals surface area contributed by atoms with E-state index in [1.54, 1.807) is 0 Å². The molecule has 0 unspecified atom stereocenters. The molecule has 0 N–H and O–H groups in total. The molecule has 2 aromatic carbocycles. The summed E-state index contributed by atoms with van der Waals surface area (Å²) in [6.07, 6.45) is 0. The molecule has 3 aromatic rings. The van der Waals surface area contributed by atoms with Crippen molar-refractivity contribution in [2.75, 3.05) is 0 Å². The molecule has 0 atom stereocenters. The third kappa shape index (κ3) is 1.27. The minimum Gasteiger partial charge on any atom is -0.469 e. The van der Waals surface area contributed by atoms with Crippen LogP contribution in [-0.2, 0) is 0 Å². The van der Waals surface area contributed by atoms with Gasteiger partial charge in [-0.05, 0) is 12.1 Å². The molecule has 0 saturated heterocycles. The first-order valence-electron chi connectivity index (χ1n) is 5.16. The number of para-hydroxylation sites is 2. The molecule has 1 heterocycles. The molecule has 0 aliphatic carbocycles. The fraction of sp³-hybridized carbons (Fsp3) is 0. The van der Waals surface area contributed by atoms with Crippen LogP contribution in [0.5, 0.6) is 0 Å². The molecule has 2 nitrogen and oxygen atoms in total.